The number of carbonyl (C=O) groups is 2. The standard InChI is InChI=1S/C24H24N4O5S/c1-34(31,32)28-14-12-22(33-21-11-5-4-10-20(21)28)24(30)27-19-9-3-2-8-18(19)23(29)26-16-17-7-6-13-25-15-17/h2-11,13,15,22H,12,14,16H2,1H3,(H,26,29)(H,27,30)/t22-/m1/s1. The first kappa shape index (κ1) is 23.2. The van der Waals surface area contributed by atoms with Gasteiger partial charge in [-0.3, -0.25) is 18.9 Å². The van der Waals surface area contributed by atoms with Crippen molar-refractivity contribution in [2.75, 3.05) is 22.4 Å². The average molecular weight is 481 g/mol. The van der Waals surface area contributed by atoms with Crippen molar-refractivity contribution in [2.24, 2.45) is 0 Å². The van der Waals surface area contributed by atoms with Crippen LogP contribution in [-0.4, -0.2) is 44.1 Å². The Morgan fingerprint density at radius 3 is 2.62 bits per heavy atom. The fourth-order valence-corrected chi connectivity index (χ4v) is 4.59. The molecule has 10 heteroatoms. The summed E-state index contributed by atoms with van der Waals surface area (Å²) < 4.78 is 31.7. The molecule has 2 aromatic carbocycles. The molecule has 2 heterocycles. The van der Waals surface area contributed by atoms with Crippen LogP contribution in [0.25, 0.3) is 0 Å². The van der Waals surface area contributed by atoms with Crippen LogP contribution in [0.3, 0.4) is 0 Å². The van der Waals surface area contributed by atoms with Crippen molar-refractivity contribution in [3.05, 3.63) is 84.2 Å². The highest BCUT2D eigenvalue weighted by Gasteiger charge is 2.31. The largest absolute Gasteiger partial charge is 0.478 e. The van der Waals surface area contributed by atoms with Crippen molar-refractivity contribution >= 4 is 33.2 Å². The van der Waals surface area contributed by atoms with E-state index in [9.17, 15) is 18.0 Å². The number of para-hydroxylation sites is 3. The van der Waals surface area contributed by atoms with Crippen LogP contribution in [0.15, 0.2) is 73.1 Å². The SMILES string of the molecule is CS(=O)(=O)N1CC[C@H](C(=O)Nc2ccccc2C(=O)NCc2cccnc2)Oc2ccccc21. The summed E-state index contributed by atoms with van der Waals surface area (Å²) in [5, 5.41) is 5.59. The zero-order valence-electron chi connectivity index (χ0n) is 18.5. The summed E-state index contributed by atoms with van der Waals surface area (Å²) in [6, 6.07) is 17.0. The summed E-state index contributed by atoms with van der Waals surface area (Å²) in [5.74, 6) is -0.527. The molecule has 1 aliphatic heterocycles. The number of fused-ring (bicyclic) bond motifs is 1. The first-order valence-corrected chi connectivity index (χ1v) is 12.5. The molecule has 0 bridgehead atoms. The van der Waals surface area contributed by atoms with Crippen LogP contribution in [0.1, 0.15) is 22.3 Å². The van der Waals surface area contributed by atoms with Gasteiger partial charge < -0.3 is 15.4 Å². The molecule has 0 radical (unpaired) electrons. The Kier molecular flexibility index (Phi) is 6.78. The molecule has 1 aromatic heterocycles. The van der Waals surface area contributed by atoms with Crippen molar-refractivity contribution in [1.82, 2.24) is 10.3 Å². The zero-order chi connectivity index (χ0) is 24.1. The minimum Gasteiger partial charge on any atom is -0.478 e. The van der Waals surface area contributed by atoms with Crippen LogP contribution in [0.4, 0.5) is 11.4 Å². The number of benzene rings is 2. The fourth-order valence-electron chi connectivity index (χ4n) is 3.64. The second-order valence-electron chi connectivity index (χ2n) is 7.78. The second-order valence-corrected chi connectivity index (χ2v) is 9.68. The summed E-state index contributed by atoms with van der Waals surface area (Å²) in [6.07, 6.45) is 3.63. The molecule has 176 valence electrons. The third-order valence-corrected chi connectivity index (χ3v) is 6.48. The Morgan fingerprint density at radius 1 is 1.09 bits per heavy atom. The lowest BCUT2D eigenvalue weighted by Gasteiger charge is -2.20. The Morgan fingerprint density at radius 2 is 1.85 bits per heavy atom. The number of carbonyl (C=O) groups excluding carboxylic acids is 2. The van der Waals surface area contributed by atoms with Crippen LogP contribution < -0.4 is 19.7 Å². The number of aromatic nitrogens is 1. The van der Waals surface area contributed by atoms with Gasteiger partial charge in [0.15, 0.2) is 6.10 Å². The molecule has 0 unspecified atom stereocenters. The maximum Gasteiger partial charge on any atom is 0.265 e. The number of pyridine rings is 1. The number of hydrogen-bond donors (Lipinski definition) is 2. The molecule has 34 heavy (non-hydrogen) atoms. The molecule has 2 amide bonds. The van der Waals surface area contributed by atoms with Crippen molar-refractivity contribution in [3.63, 3.8) is 0 Å². The van der Waals surface area contributed by atoms with Gasteiger partial charge in [0.05, 0.1) is 23.2 Å². The van der Waals surface area contributed by atoms with Crippen molar-refractivity contribution in [1.29, 1.82) is 0 Å². The first-order valence-electron chi connectivity index (χ1n) is 10.6. The highest BCUT2D eigenvalue weighted by molar-refractivity contribution is 7.92. The van der Waals surface area contributed by atoms with Crippen molar-refractivity contribution in [3.8, 4) is 5.75 Å². The fraction of sp³-hybridized carbons (Fsp3) is 0.208. The molecule has 3 aromatic rings. The maximum atomic E-state index is 13.1. The minimum atomic E-state index is -3.55. The van der Waals surface area contributed by atoms with Gasteiger partial charge in [-0.2, -0.15) is 0 Å². The van der Waals surface area contributed by atoms with Gasteiger partial charge in [-0.25, -0.2) is 8.42 Å². The van der Waals surface area contributed by atoms with E-state index in [1.165, 1.54) is 4.31 Å². The molecule has 0 spiro atoms. The Bertz CT molecular complexity index is 1300. The van der Waals surface area contributed by atoms with E-state index < -0.39 is 22.0 Å². The number of nitrogens with one attached hydrogen (secondary N) is 2. The lowest BCUT2D eigenvalue weighted by molar-refractivity contribution is -0.122. The summed E-state index contributed by atoms with van der Waals surface area (Å²) in [5.41, 5.74) is 1.86. The third kappa shape index (κ3) is 5.34. The number of rotatable bonds is 6. The smallest absolute Gasteiger partial charge is 0.265 e. The summed E-state index contributed by atoms with van der Waals surface area (Å²) in [4.78, 5) is 29.9. The number of ether oxygens (including phenoxy) is 1. The highest BCUT2D eigenvalue weighted by atomic mass is 32.2. The Hall–Kier alpha value is -3.92. The second kappa shape index (κ2) is 9.92. The molecular weight excluding hydrogens is 456 g/mol. The molecule has 4 rings (SSSR count). The van der Waals surface area contributed by atoms with Gasteiger partial charge in [-0.15, -0.1) is 0 Å². The highest BCUT2D eigenvalue weighted by Crippen LogP contribution is 2.34. The first-order chi connectivity index (χ1) is 16.3. The van der Waals surface area contributed by atoms with Gasteiger partial charge in [-0.1, -0.05) is 30.3 Å². The van der Waals surface area contributed by atoms with Crippen LogP contribution >= 0.6 is 0 Å². The number of nitrogens with zero attached hydrogens (tertiary/aromatic N) is 2. The number of hydrogen-bond acceptors (Lipinski definition) is 6. The topological polar surface area (TPSA) is 118 Å². The molecular formula is C24H24N4O5S. The summed E-state index contributed by atoms with van der Waals surface area (Å²) >= 11 is 0. The Balaban J connectivity index is 1.50. The quantitative estimate of drug-likeness (QED) is 0.560. The molecule has 9 nitrogen and oxygen atoms in total. The lowest BCUT2D eigenvalue weighted by atomic mass is 10.1. The van der Waals surface area contributed by atoms with Gasteiger partial charge in [0.25, 0.3) is 11.8 Å². The van der Waals surface area contributed by atoms with Crippen molar-refractivity contribution in [2.45, 2.75) is 19.1 Å². The molecule has 0 aliphatic carbocycles. The molecule has 1 atom stereocenters. The van der Waals surface area contributed by atoms with Crippen LogP contribution in [0, 0.1) is 0 Å². The van der Waals surface area contributed by atoms with Crippen LogP contribution in [0.5, 0.6) is 5.75 Å². The predicted molar refractivity (Wildman–Crippen MR) is 128 cm³/mol. The predicted octanol–water partition coefficient (Wildman–Crippen LogP) is 2.57. The minimum absolute atomic E-state index is 0.0845. The molecule has 0 saturated heterocycles. The van der Waals surface area contributed by atoms with Gasteiger partial charge in [0.2, 0.25) is 10.0 Å². The van der Waals surface area contributed by atoms with Gasteiger partial charge >= 0.3 is 0 Å². The normalized spacial score (nSPS) is 15.4. The van der Waals surface area contributed by atoms with Crippen LogP contribution in [0.2, 0.25) is 0 Å². The van der Waals surface area contributed by atoms with E-state index in [0.717, 1.165) is 11.8 Å². The van der Waals surface area contributed by atoms with E-state index in [4.69, 9.17) is 4.74 Å². The summed E-state index contributed by atoms with van der Waals surface area (Å²) in [6.45, 7) is 0.375. The molecule has 0 saturated carbocycles. The monoisotopic (exact) mass is 480 g/mol. The zero-order valence-corrected chi connectivity index (χ0v) is 19.3. The van der Waals surface area contributed by atoms with E-state index in [1.54, 1.807) is 67.0 Å². The average Bonchev–Trinajstić information content (AvgIpc) is 3.03. The van der Waals surface area contributed by atoms with E-state index in [0.29, 0.717) is 29.2 Å². The number of sulfonamides is 1. The Labute approximate surface area is 197 Å². The maximum absolute atomic E-state index is 13.1. The molecule has 0 fully saturated rings. The van der Waals surface area contributed by atoms with Gasteiger partial charge in [0.1, 0.15) is 5.75 Å². The number of anilines is 2. The molecule has 1 aliphatic rings. The van der Waals surface area contributed by atoms with E-state index in [2.05, 4.69) is 15.6 Å². The lowest BCUT2D eigenvalue weighted by Crippen LogP contribution is -2.36. The van der Waals surface area contributed by atoms with E-state index >= 15 is 0 Å². The third-order valence-electron chi connectivity index (χ3n) is 5.30. The number of amides is 2. The van der Waals surface area contributed by atoms with Gasteiger partial charge in [0, 0.05) is 31.9 Å². The van der Waals surface area contributed by atoms with Gasteiger partial charge in [-0.05, 0) is 35.9 Å². The van der Waals surface area contributed by atoms with Crippen LogP contribution in [-0.2, 0) is 21.4 Å². The van der Waals surface area contributed by atoms with E-state index in [1.807, 2.05) is 6.07 Å². The summed E-state index contributed by atoms with van der Waals surface area (Å²) in [7, 11) is -3.55. The molecule has 2 N–H and O–H groups in total. The van der Waals surface area contributed by atoms with E-state index in [-0.39, 0.29) is 18.9 Å². The van der Waals surface area contributed by atoms with Crippen molar-refractivity contribution < 1.29 is 22.7 Å².